The molecule has 10 nitrogen and oxygen atoms in total. The van der Waals surface area contributed by atoms with E-state index in [0.29, 0.717) is 16.7 Å². The monoisotopic (exact) mass is 564 g/mol. The Bertz CT molecular complexity index is 1470. The van der Waals surface area contributed by atoms with Gasteiger partial charge in [-0.3, -0.25) is 9.59 Å². The fourth-order valence-electron chi connectivity index (χ4n) is 5.02. The molecule has 1 aliphatic carbocycles. The van der Waals surface area contributed by atoms with Crippen molar-refractivity contribution < 1.29 is 29.3 Å². The van der Waals surface area contributed by atoms with Crippen molar-refractivity contribution in [3.8, 4) is 16.5 Å². The van der Waals surface area contributed by atoms with Crippen LogP contribution in [0.1, 0.15) is 33.6 Å². The van der Waals surface area contributed by atoms with Crippen LogP contribution in [-0.4, -0.2) is 73.2 Å². The van der Waals surface area contributed by atoms with Crippen molar-refractivity contribution in [2.45, 2.75) is 57.4 Å². The molecule has 3 heterocycles. The molecule has 2 fully saturated rings. The molecule has 0 unspecified atom stereocenters. The molecule has 1 saturated carbocycles. The number of hydrogen-bond acceptors (Lipinski definition) is 8. The lowest BCUT2D eigenvalue weighted by molar-refractivity contribution is -0.151. The number of nitrogens with one attached hydrogen (secondary N) is 1. The first kappa shape index (κ1) is 27.7. The number of hydrogen-bond donors (Lipinski definition) is 3. The number of amides is 2. The number of nitrogens with zero attached hydrogens (tertiary/aromatic N) is 3. The van der Waals surface area contributed by atoms with Gasteiger partial charge in [-0.2, -0.15) is 0 Å². The predicted octanol–water partition coefficient (Wildman–Crippen LogP) is 3.26. The summed E-state index contributed by atoms with van der Waals surface area (Å²) >= 11 is 1.48. The first-order valence-electron chi connectivity index (χ1n) is 13.1. The zero-order chi connectivity index (χ0) is 28.8. The van der Waals surface area contributed by atoms with Gasteiger partial charge in [0, 0.05) is 12.3 Å². The third-order valence-electron chi connectivity index (χ3n) is 7.50. The number of rotatable bonds is 8. The Morgan fingerprint density at radius 2 is 1.90 bits per heavy atom. The van der Waals surface area contributed by atoms with Crippen molar-refractivity contribution in [2.75, 3.05) is 6.54 Å². The number of carboxylic acid groups (broad SMARTS) is 1. The molecule has 2 aliphatic rings. The van der Waals surface area contributed by atoms with E-state index in [0.717, 1.165) is 4.88 Å². The number of carbonyl (C=O) groups is 3. The number of aliphatic hydroxyl groups is 1. The molecule has 40 heavy (non-hydrogen) atoms. The molecule has 1 aliphatic heterocycles. The van der Waals surface area contributed by atoms with Crippen LogP contribution in [0.15, 0.2) is 54.4 Å². The predicted molar refractivity (Wildman–Crippen MR) is 150 cm³/mol. The number of fused-ring (bicyclic) bond motifs is 1. The van der Waals surface area contributed by atoms with Crippen molar-refractivity contribution in [3.63, 3.8) is 0 Å². The second-order valence-corrected chi connectivity index (χ2v) is 12.4. The van der Waals surface area contributed by atoms with Gasteiger partial charge in [0.1, 0.15) is 29.5 Å². The van der Waals surface area contributed by atoms with E-state index < -0.39 is 52.9 Å². The van der Waals surface area contributed by atoms with Gasteiger partial charge in [0.2, 0.25) is 11.8 Å². The van der Waals surface area contributed by atoms with Crippen molar-refractivity contribution in [3.05, 3.63) is 54.4 Å². The number of likely N-dealkylation sites (tertiary alicyclic amines) is 1. The first-order chi connectivity index (χ1) is 18.9. The van der Waals surface area contributed by atoms with Crippen LogP contribution in [0.4, 0.5) is 0 Å². The lowest BCUT2D eigenvalue weighted by Gasteiger charge is -2.32. The highest BCUT2D eigenvalue weighted by Crippen LogP contribution is 2.45. The molecule has 2 amide bonds. The Labute approximate surface area is 235 Å². The van der Waals surface area contributed by atoms with Crippen molar-refractivity contribution in [1.29, 1.82) is 0 Å². The highest BCUT2D eigenvalue weighted by Gasteiger charge is 2.61. The number of benzene rings is 1. The van der Waals surface area contributed by atoms with Gasteiger partial charge < -0.3 is 25.2 Å². The lowest BCUT2D eigenvalue weighted by atomic mass is 9.88. The fourth-order valence-corrected chi connectivity index (χ4v) is 5.72. The van der Waals surface area contributed by atoms with Crippen LogP contribution in [0, 0.1) is 11.3 Å². The van der Waals surface area contributed by atoms with Gasteiger partial charge in [0.25, 0.3) is 5.91 Å². The summed E-state index contributed by atoms with van der Waals surface area (Å²) < 4.78 is 6.35. The molecule has 1 aromatic carbocycles. The van der Waals surface area contributed by atoms with Crippen LogP contribution in [0.2, 0.25) is 0 Å². The molecule has 210 valence electrons. The van der Waals surface area contributed by atoms with E-state index in [4.69, 9.17) is 14.7 Å². The lowest BCUT2D eigenvalue weighted by Crippen LogP contribution is -2.55. The maximum absolute atomic E-state index is 13.5. The normalized spacial score (nSPS) is 24.9. The highest BCUT2D eigenvalue weighted by atomic mass is 32.1. The molecule has 3 N–H and O–H groups in total. The largest absolute Gasteiger partial charge is 0.479 e. The topological polar surface area (TPSA) is 142 Å². The smallest absolute Gasteiger partial charge is 0.330 e. The summed E-state index contributed by atoms with van der Waals surface area (Å²) in [5, 5.41) is 25.2. The average Bonchev–Trinajstić information content (AvgIpc) is 3.22. The summed E-state index contributed by atoms with van der Waals surface area (Å²) in [5.41, 5.74) is -0.350. The maximum atomic E-state index is 13.5. The van der Waals surface area contributed by atoms with Crippen molar-refractivity contribution in [2.24, 2.45) is 11.3 Å². The van der Waals surface area contributed by atoms with E-state index in [2.05, 4.69) is 11.9 Å². The summed E-state index contributed by atoms with van der Waals surface area (Å²) in [6.45, 7) is 8.85. The standard InChI is InChI=1S/C29H32N4O6S/c1-5-16-14-29(16,27(37)38)32-24(35)20-13-17(15-33(20)26(36)23(34)28(2,3)4)39-25-22(21-11-8-12-40-21)30-18-9-6-7-10-19(18)31-25/h5-12,16-17,20,23,34H,1,13-15H2,2-4H3,(H,32,35)(H,37,38)/t16-,17-,20+,23-,29-/m1/s1. The molecule has 2 aromatic heterocycles. The van der Waals surface area contributed by atoms with Crippen LogP contribution in [0.25, 0.3) is 21.6 Å². The molecular formula is C29H32N4O6S. The Balaban J connectivity index is 1.46. The van der Waals surface area contributed by atoms with Crippen molar-refractivity contribution in [1.82, 2.24) is 20.2 Å². The summed E-state index contributed by atoms with van der Waals surface area (Å²) in [5.74, 6) is -2.53. The molecule has 0 spiro atoms. The second-order valence-electron chi connectivity index (χ2n) is 11.4. The Hall–Kier alpha value is -3.83. The van der Waals surface area contributed by atoms with Gasteiger partial charge in [-0.25, -0.2) is 14.8 Å². The van der Waals surface area contributed by atoms with E-state index >= 15 is 0 Å². The molecule has 5 rings (SSSR count). The summed E-state index contributed by atoms with van der Waals surface area (Å²) in [6.07, 6.45) is -0.220. The van der Waals surface area contributed by atoms with Crippen LogP contribution < -0.4 is 10.1 Å². The molecule has 11 heteroatoms. The minimum absolute atomic E-state index is 0.00735. The zero-order valence-corrected chi connectivity index (χ0v) is 23.4. The molecule has 5 atom stereocenters. The number of aliphatic carboxylic acids is 1. The van der Waals surface area contributed by atoms with Crippen LogP contribution in [0.3, 0.4) is 0 Å². The highest BCUT2D eigenvalue weighted by molar-refractivity contribution is 7.13. The van der Waals surface area contributed by atoms with E-state index in [1.807, 2.05) is 41.8 Å². The number of thiophene rings is 1. The van der Waals surface area contributed by atoms with Gasteiger partial charge in [0.15, 0.2) is 0 Å². The van der Waals surface area contributed by atoms with Gasteiger partial charge in [-0.05, 0) is 35.4 Å². The van der Waals surface area contributed by atoms with E-state index in [-0.39, 0.29) is 25.3 Å². The molecule has 0 radical (unpaired) electrons. The molecule has 0 bridgehead atoms. The SMILES string of the molecule is C=C[C@@H]1C[C@]1(NC(=O)[C@@H]1C[C@@H](Oc2nc3ccccc3nc2-c2cccs2)CN1C(=O)[C@@H](O)C(C)(C)C)C(=O)O. The van der Waals surface area contributed by atoms with E-state index in [1.165, 1.54) is 22.3 Å². The Morgan fingerprint density at radius 1 is 1.20 bits per heavy atom. The third-order valence-corrected chi connectivity index (χ3v) is 8.38. The van der Waals surface area contributed by atoms with Gasteiger partial charge in [-0.1, -0.05) is 45.0 Å². The number of carbonyl (C=O) groups excluding carboxylic acids is 2. The van der Waals surface area contributed by atoms with Crippen LogP contribution >= 0.6 is 11.3 Å². The zero-order valence-electron chi connectivity index (χ0n) is 22.5. The van der Waals surface area contributed by atoms with Gasteiger partial charge in [-0.15, -0.1) is 17.9 Å². The van der Waals surface area contributed by atoms with E-state index in [1.54, 1.807) is 20.8 Å². The fraction of sp³-hybridized carbons (Fsp3) is 0.414. The molecular weight excluding hydrogens is 532 g/mol. The number of carboxylic acids is 1. The van der Waals surface area contributed by atoms with Crippen LogP contribution in [-0.2, 0) is 14.4 Å². The maximum Gasteiger partial charge on any atom is 0.330 e. The third kappa shape index (κ3) is 5.06. The van der Waals surface area contributed by atoms with Gasteiger partial charge in [0.05, 0.1) is 22.5 Å². The quantitative estimate of drug-likeness (QED) is 0.354. The minimum atomic E-state index is -1.45. The second kappa shape index (κ2) is 10.3. The van der Waals surface area contributed by atoms with Crippen LogP contribution in [0.5, 0.6) is 5.88 Å². The molecule has 3 aromatic rings. The number of ether oxygens (including phenoxy) is 1. The number of aromatic nitrogens is 2. The average molecular weight is 565 g/mol. The summed E-state index contributed by atoms with van der Waals surface area (Å²) in [4.78, 5) is 50.6. The number of para-hydroxylation sites is 2. The Morgan fingerprint density at radius 3 is 2.48 bits per heavy atom. The number of aliphatic hydroxyl groups excluding tert-OH is 1. The summed E-state index contributed by atoms with van der Waals surface area (Å²) in [6, 6.07) is 10.2. The molecule has 1 saturated heterocycles. The van der Waals surface area contributed by atoms with E-state index in [9.17, 15) is 24.6 Å². The summed E-state index contributed by atoms with van der Waals surface area (Å²) in [7, 11) is 0. The van der Waals surface area contributed by atoms with Gasteiger partial charge >= 0.3 is 5.97 Å². The van der Waals surface area contributed by atoms with Crippen molar-refractivity contribution >= 4 is 40.2 Å². The minimum Gasteiger partial charge on any atom is -0.479 e. The first-order valence-corrected chi connectivity index (χ1v) is 14.0. The Kier molecular flexibility index (Phi) is 7.13.